The van der Waals surface area contributed by atoms with Crippen LogP contribution >= 0.6 is 0 Å². The molecule has 0 saturated carbocycles. The number of carbonyl (C=O) groups excluding carboxylic acids is 1. The Labute approximate surface area is 132 Å². The molecule has 23 heavy (non-hydrogen) atoms. The van der Waals surface area contributed by atoms with E-state index in [0.29, 0.717) is 16.9 Å². The Bertz CT molecular complexity index is 833. The summed E-state index contributed by atoms with van der Waals surface area (Å²) < 4.78 is 5.65. The van der Waals surface area contributed by atoms with Crippen molar-refractivity contribution < 1.29 is 9.53 Å². The number of carbonyl (C=O) groups is 1. The minimum absolute atomic E-state index is 0.0739. The van der Waals surface area contributed by atoms with Crippen molar-refractivity contribution in [1.29, 1.82) is 0 Å². The van der Waals surface area contributed by atoms with E-state index in [2.05, 4.69) is 0 Å². The van der Waals surface area contributed by atoms with Crippen molar-refractivity contribution in [3.8, 4) is 5.75 Å². The molecule has 1 heterocycles. The maximum atomic E-state index is 12.9. The fourth-order valence-electron chi connectivity index (χ4n) is 2.67. The van der Waals surface area contributed by atoms with Crippen molar-refractivity contribution in [1.82, 2.24) is 0 Å². The van der Waals surface area contributed by atoms with E-state index in [1.165, 1.54) is 0 Å². The Morgan fingerprint density at radius 2 is 1.52 bits per heavy atom. The molecule has 1 aliphatic heterocycles. The summed E-state index contributed by atoms with van der Waals surface area (Å²) >= 11 is 0. The number of rotatable bonds is 1. The Kier molecular flexibility index (Phi) is 3.10. The summed E-state index contributed by atoms with van der Waals surface area (Å²) in [6, 6.07) is 5.01. The average Bonchev–Trinajstić information content (AvgIpc) is 2.53. The van der Waals surface area contributed by atoms with Gasteiger partial charge in [-0.3, -0.25) is 4.79 Å². The summed E-state index contributed by atoms with van der Waals surface area (Å²) in [4.78, 5) is 12.9. The maximum absolute atomic E-state index is 12.9. The third-order valence-corrected chi connectivity index (χ3v) is 4.08. The number of nitrogen functional groups attached to an aromatic ring is 6. The number of Topliss-reactive ketones (excluding diaryl/α,β-unsaturated/α-hetero) is 1. The van der Waals surface area contributed by atoms with Crippen LogP contribution in [0.3, 0.4) is 0 Å². The minimum Gasteiger partial charge on any atom is -0.489 e. The van der Waals surface area contributed by atoms with Gasteiger partial charge in [0, 0.05) is 0 Å². The monoisotopic (exact) mass is 314 g/mol. The number of anilines is 6. The molecule has 12 N–H and O–H groups in total. The zero-order valence-corrected chi connectivity index (χ0v) is 12.3. The molecule has 1 atom stereocenters. The normalized spacial score (nSPS) is 16.7. The summed E-state index contributed by atoms with van der Waals surface area (Å²) in [6.45, 7) is 0.0994. The van der Waals surface area contributed by atoms with Gasteiger partial charge in [0.15, 0.2) is 11.5 Å². The first-order valence-electron chi connectivity index (χ1n) is 6.90. The van der Waals surface area contributed by atoms with Crippen LogP contribution < -0.4 is 39.1 Å². The Morgan fingerprint density at radius 3 is 2.17 bits per heavy atom. The summed E-state index contributed by atoms with van der Waals surface area (Å²) in [5, 5.41) is 0. The van der Waals surface area contributed by atoms with E-state index in [-0.39, 0.29) is 46.5 Å². The van der Waals surface area contributed by atoms with E-state index < -0.39 is 5.92 Å². The summed E-state index contributed by atoms with van der Waals surface area (Å²) in [5.41, 5.74) is 37.0. The predicted octanol–water partition coefficient (Wildman–Crippen LogP) is 0.539. The lowest BCUT2D eigenvalue weighted by atomic mass is 9.87. The molecule has 120 valence electrons. The molecule has 0 spiro atoms. The number of hydrogen-bond acceptors (Lipinski definition) is 8. The molecule has 1 aliphatic rings. The van der Waals surface area contributed by atoms with E-state index >= 15 is 0 Å². The van der Waals surface area contributed by atoms with Gasteiger partial charge in [-0.05, 0) is 17.7 Å². The maximum Gasteiger partial charge on any atom is 0.179 e. The summed E-state index contributed by atoms with van der Waals surface area (Å²) in [7, 11) is 0. The highest BCUT2D eigenvalue weighted by molar-refractivity contribution is 6.14. The van der Waals surface area contributed by atoms with E-state index in [0.717, 1.165) is 0 Å². The van der Waals surface area contributed by atoms with Gasteiger partial charge in [-0.15, -0.1) is 0 Å². The van der Waals surface area contributed by atoms with Gasteiger partial charge in [0.1, 0.15) is 12.3 Å². The zero-order chi connectivity index (χ0) is 16.9. The molecule has 2 aromatic rings. The smallest absolute Gasteiger partial charge is 0.179 e. The van der Waals surface area contributed by atoms with Gasteiger partial charge in [0.2, 0.25) is 0 Å². The van der Waals surface area contributed by atoms with Crippen molar-refractivity contribution in [3.05, 3.63) is 29.3 Å². The molecule has 1 unspecified atom stereocenters. The van der Waals surface area contributed by atoms with Crippen LogP contribution in [0.1, 0.15) is 21.8 Å². The molecule has 0 aromatic heterocycles. The van der Waals surface area contributed by atoms with E-state index in [1.807, 2.05) is 0 Å². The summed E-state index contributed by atoms with van der Waals surface area (Å²) in [6.07, 6.45) is 0. The quantitative estimate of drug-likeness (QED) is 0.412. The molecular weight excluding hydrogens is 296 g/mol. The first-order chi connectivity index (χ1) is 10.8. The van der Waals surface area contributed by atoms with Gasteiger partial charge in [-0.1, -0.05) is 6.07 Å². The largest absolute Gasteiger partial charge is 0.489 e. The molecule has 0 radical (unpaired) electrons. The van der Waals surface area contributed by atoms with Crippen LogP contribution in [0.5, 0.6) is 5.75 Å². The van der Waals surface area contributed by atoms with Crippen LogP contribution in [-0.2, 0) is 0 Å². The van der Waals surface area contributed by atoms with Gasteiger partial charge in [-0.25, -0.2) is 0 Å². The molecule has 0 saturated heterocycles. The van der Waals surface area contributed by atoms with Gasteiger partial charge in [0.05, 0.1) is 39.9 Å². The van der Waals surface area contributed by atoms with Crippen LogP contribution in [0, 0.1) is 0 Å². The Balaban J connectivity index is 2.12. The Hall–Kier alpha value is -3.29. The Morgan fingerprint density at radius 1 is 0.870 bits per heavy atom. The molecule has 8 nitrogen and oxygen atoms in total. The van der Waals surface area contributed by atoms with Crippen LogP contribution in [0.25, 0.3) is 0 Å². The molecule has 3 rings (SSSR count). The van der Waals surface area contributed by atoms with Crippen molar-refractivity contribution in [2.24, 2.45) is 0 Å². The van der Waals surface area contributed by atoms with Gasteiger partial charge in [0.25, 0.3) is 0 Å². The van der Waals surface area contributed by atoms with Crippen LogP contribution in [0.15, 0.2) is 18.2 Å². The zero-order valence-electron chi connectivity index (χ0n) is 12.3. The fraction of sp³-hybridized carbons (Fsp3) is 0.133. The highest BCUT2D eigenvalue weighted by atomic mass is 16.5. The second kappa shape index (κ2) is 4.87. The predicted molar refractivity (Wildman–Crippen MR) is 91.9 cm³/mol. The van der Waals surface area contributed by atoms with Gasteiger partial charge >= 0.3 is 0 Å². The number of hydrogen-bond donors (Lipinski definition) is 6. The molecule has 0 bridgehead atoms. The van der Waals surface area contributed by atoms with Gasteiger partial charge < -0.3 is 39.1 Å². The highest BCUT2D eigenvalue weighted by Crippen LogP contribution is 2.46. The molecule has 8 heteroatoms. The molecule has 0 amide bonds. The van der Waals surface area contributed by atoms with Crippen LogP contribution in [0.2, 0.25) is 0 Å². The van der Waals surface area contributed by atoms with Crippen LogP contribution in [-0.4, -0.2) is 12.4 Å². The van der Waals surface area contributed by atoms with Crippen molar-refractivity contribution in [3.63, 3.8) is 0 Å². The molecular formula is C15H18N6O2. The van der Waals surface area contributed by atoms with Crippen LogP contribution in [0.4, 0.5) is 34.1 Å². The standard InChI is InChI=1S/C15H18N6O2/c16-7-2-1-5(3-8(7)17)6-4-23-15-9(14(6)22)10(18)11(19)12(20)13(15)21/h1-3,6H,4,16-21H2. The summed E-state index contributed by atoms with van der Waals surface area (Å²) in [5.74, 6) is -0.639. The third kappa shape index (κ3) is 2.03. The lowest BCUT2D eigenvalue weighted by Gasteiger charge is -2.28. The SMILES string of the molecule is Nc1ccc(C2COc3c(N)c(N)c(N)c(N)c3C2=O)cc1N. The van der Waals surface area contributed by atoms with Crippen molar-refractivity contribution in [2.75, 3.05) is 41.0 Å². The van der Waals surface area contributed by atoms with Gasteiger partial charge in [-0.2, -0.15) is 0 Å². The fourth-order valence-corrected chi connectivity index (χ4v) is 2.67. The lowest BCUT2D eigenvalue weighted by Crippen LogP contribution is -2.28. The first kappa shape index (κ1) is 14.6. The number of ether oxygens (including phenoxy) is 1. The average molecular weight is 314 g/mol. The number of ketones is 1. The third-order valence-electron chi connectivity index (χ3n) is 4.08. The minimum atomic E-state index is -0.574. The number of nitrogens with two attached hydrogens (primary N) is 6. The number of benzene rings is 2. The van der Waals surface area contributed by atoms with Crippen molar-refractivity contribution in [2.45, 2.75) is 5.92 Å². The van der Waals surface area contributed by atoms with E-state index in [4.69, 9.17) is 39.1 Å². The molecule has 0 aliphatic carbocycles. The van der Waals surface area contributed by atoms with Crippen molar-refractivity contribution >= 4 is 39.9 Å². The second-order valence-electron chi connectivity index (χ2n) is 5.48. The molecule has 2 aromatic carbocycles. The topological polar surface area (TPSA) is 182 Å². The van der Waals surface area contributed by atoms with E-state index in [1.54, 1.807) is 18.2 Å². The highest BCUT2D eigenvalue weighted by Gasteiger charge is 2.35. The molecule has 0 fully saturated rings. The number of fused-ring (bicyclic) bond motifs is 1. The lowest BCUT2D eigenvalue weighted by molar-refractivity contribution is 0.0898. The van der Waals surface area contributed by atoms with E-state index in [9.17, 15) is 4.79 Å². The first-order valence-corrected chi connectivity index (χ1v) is 6.90. The second-order valence-corrected chi connectivity index (χ2v) is 5.48.